The van der Waals surface area contributed by atoms with Crippen LogP contribution in [-0.4, -0.2) is 14.8 Å². The zero-order valence-corrected chi connectivity index (χ0v) is 13.4. The van der Waals surface area contributed by atoms with Crippen LogP contribution in [0.5, 0.6) is 5.75 Å². The highest BCUT2D eigenvalue weighted by molar-refractivity contribution is 7.92. The summed E-state index contributed by atoms with van der Waals surface area (Å²) in [6, 6.07) is 8.11. The summed E-state index contributed by atoms with van der Waals surface area (Å²) in [4.78, 5) is -0.275. The fourth-order valence-electron chi connectivity index (χ4n) is 1.61. The maximum atomic E-state index is 12.2. The highest BCUT2D eigenvalue weighted by Crippen LogP contribution is 2.32. The van der Waals surface area contributed by atoms with E-state index in [1.54, 1.807) is 0 Å². The normalized spacial score (nSPS) is 12.0. The second kappa shape index (κ2) is 6.46. The summed E-state index contributed by atoms with van der Waals surface area (Å²) in [5, 5.41) is 0.163. The van der Waals surface area contributed by atoms with Gasteiger partial charge in [0.25, 0.3) is 10.0 Å². The van der Waals surface area contributed by atoms with E-state index < -0.39 is 22.1 Å². The van der Waals surface area contributed by atoms with Gasteiger partial charge in [-0.1, -0.05) is 29.3 Å². The van der Waals surface area contributed by atoms with Gasteiger partial charge in [0.15, 0.2) is 0 Å². The van der Waals surface area contributed by atoms with Gasteiger partial charge in [0.2, 0.25) is 0 Å². The van der Waals surface area contributed by atoms with Gasteiger partial charge in [0, 0.05) is 0 Å². The van der Waals surface area contributed by atoms with Crippen LogP contribution in [0.4, 0.5) is 18.9 Å². The van der Waals surface area contributed by atoms with Crippen LogP contribution < -0.4 is 9.46 Å². The van der Waals surface area contributed by atoms with Crippen molar-refractivity contribution in [3.05, 3.63) is 52.5 Å². The molecule has 0 atom stereocenters. The van der Waals surface area contributed by atoms with Gasteiger partial charge in [-0.2, -0.15) is 0 Å². The molecule has 0 saturated carbocycles. The minimum absolute atomic E-state index is 0.0218. The number of nitrogens with one attached hydrogen (secondary N) is 1. The van der Waals surface area contributed by atoms with Crippen molar-refractivity contribution >= 4 is 38.9 Å². The minimum Gasteiger partial charge on any atom is -0.406 e. The van der Waals surface area contributed by atoms with E-state index in [4.69, 9.17) is 23.2 Å². The van der Waals surface area contributed by atoms with Crippen LogP contribution in [0.1, 0.15) is 0 Å². The number of rotatable bonds is 4. The highest BCUT2D eigenvalue weighted by atomic mass is 35.5. The standard InChI is InChI=1S/C13H8Cl2F3NO3S/c14-10-2-1-3-11(15)12(10)19-23(20,21)9-6-4-8(5-7-9)22-13(16,17)18/h1-7,19H. The number of hydrogen-bond donors (Lipinski definition) is 1. The van der Waals surface area contributed by atoms with Crippen molar-refractivity contribution in [3.63, 3.8) is 0 Å². The summed E-state index contributed by atoms with van der Waals surface area (Å²) in [6.45, 7) is 0. The first-order valence-corrected chi connectivity index (χ1v) is 8.15. The molecular weight excluding hydrogens is 378 g/mol. The lowest BCUT2D eigenvalue weighted by atomic mass is 10.3. The molecule has 10 heteroatoms. The topological polar surface area (TPSA) is 55.4 Å². The Hall–Kier alpha value is -1.64. The van der Waals surface area contributed by atoms with Crippen molar-refractivity contribution in [2.75, 3.05) is 4.72 Å². The molecule has 2 aromatic rings. The molecule has 2 rings (SSSR count). The number of alkyl halides is 3. The Morgan fingerprint density at radius 3 is 1.96 bits per heavy atom. The van der Waals surface area contributed by atoms with Gasteiger partial charge in [-0.15, -0.1) is 13.2 Å². The highest BCUT2D eigenvalue weighted by Gasteiger charge is 2.31. The average molecular weight is 386 g/mol. The van der Waals surface area contributed by atoms with Gasteiger partial charge in [-0.05, 0) is 36.4 Å². The van der Waals surface area contributed by atoms with E-state index in [0.717, 1.165) is 24.3 Å². The van der Waals surface area contributed by atoms with Crippen LogP contribution in [0.3, 0.4) is 0 Å². The second-order valence-electron chi connectivity index (χ2n) is 4.22. The molecule has 0 radical (unpaired) electrons. The Bertz CT molecular complexity index is 788. The zero-order chi connectivity index (χ0) is 17.3. The predicted molar refractivity (Wildman–Crippen MR) is 80.4 cm³/mol. The van der Waals surface area contributed by atoms with Crippen LogP contribution in [0.2, 0.25) is 10.0 Å². The first-order chi connectivity index (χ1) is 10.6. The van der Waals surface area contributed by atoms with Crippen molar-refractivity contribution in [2.45, 2.75) is 11.3 Å². The van der Waals surface area contributed by atoms with Crippen LogP contribution in [-0.2, 0) is 10.0 Å². The Morgan fingerprint density at radius 2 is 1.48 bits per heavy atom. The molecule has 4 nitrogen and oxygen atoms in total. The number of hydrogen-bond acceptors (Lipinski definition) is 3. The van der Waals surface area contributed by atoms with E-state index in [-0.39, 0.29) is 20.6 Å². The van der Waals surface area contributed by atoms with Gasteiger partial charge in [0.1, 0.15) is 5.75 Å². The third-order valence-corrected chi connectivity index (χ3v) is 4.56. The van der Waals surface area contributed by atoms with Crippen LogP contribution >= 0.6 is 23.2 Å². The van der Waals surface area contributed by atoms with Gasteiger partial charge >= 0.3 is 6.36 Å². The molecule has 0 aliphatic carbocycles. The third-order valence-electron chi connectivity index (χ3n) is 2.57. The average Bonchev–Trinajstić information content (AvgIpc) is 2.42. The molecule has 0 saturated heterocycles. The Kier molecular flexibility index (Phi) is 4.98. The van der Waals surface area contributed by atoms with E-state index in [0.29, 0.717) is 0 Å². The molecule has 0 heterocycles. The fourth-order valence-corrected chi connectivity index (χ4v) is 3.31. The molecular formula is C13H8Cl2F3NO3S. The molecule has 0 aliphatic heterocycles. The van der Waals surface area contributed by atoms with Gasteiger partial charge in [0.05, 0.1) is 20.6 Å². The number of anilines is 1. The summed E-state index contributed by atoms with van der Waals surface area (Å²) in [5.41, 5.74) is -0.0218. The summed E-state index contributed by atoms with van der Waals surface area (Å²) >= 11 is 11.7. The Balaban J connectivity index is 2.26. The predicted octanol–water partition coefficient (Wildman–Crippen LogP) is 4.69. The minimum atomic E-state index is -4.86. The Labute approximate surface area is 139 Å². The summed E-state index contributed by atoms with van der Waals surface area (Å²) in [6.07, 6.45) is -4.86. The van der Waals surface area contributed by atoms with Crippen LogP contribution in [0.15, 0.2) is 47.4 Å². The van der Waals surface area contributed by atoms with E-state index >= 15 is 0 Å². The molecule has 0 unspecified atom stereocenters. The van der Waals surface area contributed by atoms with Crippen molar-refractivity contribution in [3.8, 4) is 5.75 Å². The quantitative estimate of drug-likeness (QED) is 0.830. The van der Waals surface area contributed by atoms with Gasteiger partial charge < -0.3 is 4.74 Å². The molecule has 0 aliphatic rings. The number of halogens is 5. The Morgan fingerprint density at radius 1 is 0.957 bits per heavy atom. The molecule has 0 bridgehead atoms. The maximum absolute atomic E-state index is 12.2. The molecule has 0 spiro atoms. The molecule has 0 amide bonds. The van der Waals surface area contributed by atoms with Crippen LogP contribution in [0.25, 0.3) is 0 Å². The second-order valence-corrected chi connectivity index (χ2v) is 6.72. The fraction of sp³-hybridized carbons (Fsp3) is 0.0769. The summed E-state index contributed by atoms with van der Waals surface area (Å²) in [7, 11) is -4.07. The molecule has 23 heavy (non-hydrogen) atoms. The van der Waals surface area contributed by atoms with Gasteiger partial charge in [-0.25, -0.2) is 8.42 Å². The van der Waals surface area contributed by atoms with Crippen molar-refractivity contribution in [1.82, 2.24) is 0 Å². The molecule has 0 fully saturated rings. The third kappa shape index (κ3) is 4.66. The lowest BCUT2D eigenvalue weighted by Crippen LogP contribution is -2.17. The van der Waals surface area contributed by atoms with E-state index in [1.807, 2.05) is 0 Å². The van der Waals surface area contributed by atoms with E-state index in [2.05, 4.69) is 9.46 Å². The monoisotopic (exact) mass is 385 g/mol. The largest absolute Gasteiger partial charge is 0.573 e. The molecule has 124 valence electrons. The lowest BCUT2D eigenvalue weighted by Gasteiger charge is -2.12. The van der Waals surface area contributed by atoms with Crippen molar-refractivity contribution in [2.24, 2.45) is 0 Å². The van der Waals surface area contributed by atoms with E-state index in [1.165, 1.54) is 18.2 Å². The number of para-hydroxylation sites is 1. The number of ether oxygens (including phenoxy) is 1. The first kappa shape index (κ1) is 17.7. The number of benzene rings is 2. The lowest BCUT2D eigenvalue weighted by molar-refractivity contribution is -0.274. The maximum Gasteiger partial charge on any atom is 0.573 e. The summed E-state index contributed by atoms with van der Waals surface area (Å²) < 4.78 is 66.5. The van der Waals surface area contributed by atoms with Crippen molar-refractivity contribution in [1.29, 1.82) is 0 Å². The molecule has 1 N–H and O–H groups in total. The molecule has 2 aromatic carbocycles. The molecule has 0 aromatic heterocycles. The van der Waals surface area contributed by atoms with Crippen LogP contribution in [0, 0.1) is 0 Å². The SMILES string of the molecule is O=S(=O)(Nc1c(Cl)cccc1Cl)c1ccc(OC(F)(F)F)cc1. The van der Waals surface area contributed by atoms with Crippen molar-refractivity contribution < 1.29 is 26.3 Å². The van der Waals surface area contributed by atoms with Gasteiger partial charge in [-0.3, -0.25) is 4.72 Å². The smallest absolute Gasteiger partial charge is 0.406 e. The first-order valence-electron chi connectivity index (χ1n) is 5.91. The number of sulfonamides is 1. The van der Waals surface area contributed by atoms with E-state index in [9.17, 15) is 21.6 Å². The zero-order valence-electron chi connectivity index (χ0n) is 11.1. The summed E-state index contributed by atoms with van der Waals surface area (Å²) in [5.74, 6) is -0.535.